The molecule has 0 N–H and O–H groups in total. The van der Waals surface area contributed by atoms with Crippen LogP contribution in [0.4, 0.5) is 0 Å². The van der Waals surface area contributed by atoms with Gasteiger partial charge in [-0.05, 0) is 37.1 Å². The number of hydrogen-bond donors (Lipinski definition) is 0. The van der Waals surface area contributed by atoms with Crippen LogP contribution in [0, 0.1) is 0 Å². The van der Waals surface area contributed by atoms with Crippen molar-refractivity contribution < 1.29 is 23.7 Å². The Morgan fingerprint density at radius 2 is 1.59 bits per heavy atom. The van der Waals surface area contributed by atoms with Gasteiger partial charge in [0.15, 0.2) is 11.5 Å². The topological polar surface area (TPSA) is 54.0 Å². The number of esters is 1. The first kappa shape index (κ1) is 22.9. The molecule has 0 aliphatic rings. The fourth-order valence-electron chi connectivity index (χ4n) is 2.75. The first-order valence-electron chi connectivity index (χ1n) is 9.89. The number of methoxy groups -OCH3 is 2. The van der Waals surface area contributed by atoms with Gasteiger partial charge in [-0.15, -0.1) is 0 Å². The van der Waals surface area contributed by atoms with E-state index in [2.05, 4.69) is 6.92 Å². The summed E-state index contributed by atoms with van der Waals surface area (Å²) in [5, 5.41) is 0. The molecule has 0 aliphatic carbocycles. The zero-order valence-corrected chi connectivity index (χ0v) is 17.2. The summed E-state index contributed by atoms with van der Waals surface area (Å²) in [5.41, 5.74) is 0.787. The summed E-state index contributed by atoms with van der Waals surface area (Å²) in [4.78, 5) is 11.5. The van der Waals surface area contributed by atoms with E-state index in [-0.39, 0.29) is 5.97 Å². The van der Waals surface area contributed by atoms with Crippen LogP contribution in [0.25, 0.3) is 6.08 Å². The lowest BCUT2D eigenvalue weighted by Gasteiger charge is -2.15. The second-order valence-corrected chi connectivity index (χ2v) is 6.31. The molecule has 0 fully saturated rings. The lowest BCUT2D eigenvalue weighted by molar-refractivity contribution is -0.137. The summed E-state index contributed by atoms with van der Waals surface area (Å²) in [5.74, 6) is 1.37. The van der Waals surface area contributed by atoms with E-state index in [4.69, 9.17) is 18.9 Å². The molecule has 1 rings (SSSR count). The Morgan fingerprint density at radius 1 is 0.926 bits per heavy atom. The fourth-order valence-corrected chi connectivity index (χ4v) is 2.75. The van der Waals surface area contributed by atoms with Gasteiger partial charge < -0.3 is 18.9 Å². The SMILES string of the molecule is CCCCCCCCCOc1cc(C=CC(=O)OCC)cc(OC)c1OC. The maximum atomic E-state index is 11.5. The Balaban J connectivity index is 2.67. The third-order valence-electron chi connectivity index (χ3n) is 4.17. The van der Waals surface area contributed by atoms with Crippen molar-refractivity contribution in [2.75, 3.05) is 27.4 Å². The lowest BCUT2D eigenvalue weighted by atomic mass is 10.1. The maximum absolute atomic E-state index is 11.5. The maximum Gasteiger partial charge on any atom is 0.330 e. The molecule has 0 spiro atoms. The van der Waals surface area contributed by atoms with Crippen molar-refractivity contribution in [1.29, 1.82) is 0 Å². The van der Waals surface area contributed by atoms with E-state index in [0.29, 0.717) is 30.5 Å². The zero-order chi connectivity index (χ0) is 19.9. The van der Waals surface area contributed by atoms with E-state index < -0.39 is 0 Å². The summed E-state index contributed by atoms with van der Waals surface area (Å²) in [6.07, 6.45) is 11.7. The molecule has 0 saturated heterocycles. The zero-order valence-electron chi connectivity index (χ0n) is 17.2. The normalized spacial score (nSPS) is 10.8. The second kappa shape index (κ2) is 14.0. The van der Waals surface area contributed by atoms with Crippen molar-refractivity contribution in [2.45, 2.75) is 58.8 Å². The van der Waals surface area contributed by atoms with E-state index in [1.165, 1.54) is 38.2 Å². The van der Waals surface area contributed by atoms with Crippen molar-refractivity contribution in [2.24, 2.45) is 0 Å². The molecule has 0 unspecified atom stereocenters. The average Bonchev–Trinajstić information content (AvgIpc) is 2.68. The lowest BCUT2D eigenvalue weighted by Crippen LogP contribution is -2.02. The van der Waals surface area contributed by atoms with Crippen LogP contribution in [0.2, 0.25) is 0 Å². The van der Waals surface area contributed by atoms with Crippen molar-refractivity contribution in [1.82, 2.24) is 0 Å². The number of ether oxygens (including phenoxy) is 4. The van der Waals surface area contributed by atoms with E-state index >= 15 is 0 Å². The summed E-state index contributed by atoms with van der Waals surface area (Å²) in [6, 6.07) is 3.65. The molecule has 0 amide bonds. The largest absolute Gasteiger partial charge is 0.493 e. The van der Waals surface area contributed by atoms with Gasteiger partial charge in [-0.2, -0.15) is 0 Å². The molecule has 27 heavy (non-hydrogen) atoms. The van der Waals surface area contributed by atoms with Crippen molar-refractivity contribution in [3.8, 4) is 17.2 Å². The van der Waals surface area contributed by atoms with E-state index in [0.717, 1.165) is 18.4 Å². The highest BCUT2D eigenvalue weighted by molar-refractivity contribution is 5.87. The van der Waals surface area contributed by atoms with Gasteiger partial charge in [0.1, 0.15) is 0 Å². The van der Waals surface area contributed by atoms with Crippen molar-refractivity contribution in [3.63, 3.8) is 0 Å². The van der Waals surface area contributed by atoms with Gasteiger partial charge in [-0.25, -0.2) is 4.79 Å². The molecule has 5 heteroatoms. The molecular formula is C22H34O5. The first-order valence-corrected chi connectivity index (χ1v) is 9.89. The Labute approximate surface area is 163 Å². The van der Waals surface area contributed by atoms with Gasteiger partial charge in [0, 0.05) is 6.08 Å². The number of unbranched alkanes of at least 4 members (excludes halogenated alkanes) is 6. The fraction of sp³-hybridized carbons (Fsp3) is 0.591. The Bertz CT molecular complexity index is 580. The second-order valence-electron chi connectivity index (χ2n) is 6.31. The number of hydrogen-bond acceptors (Lipinski definition) is 5. The molecule has 0 aromatic heterocycles. The van der Waals surface area contributed by atoms with Crippen LogP contribution in [-0.4, -0.2) is 33.4 Å². The molecule has 0 heterocycles. The highest BCUT2D eigenvalue weighted by Gasteiger charge is 2.13. The Morgan fingerprint density at radius 3 is 2.22 bits per heavy atom. The van der Waals surface area contributed by atoms with Crippen LogP contribution in [0.1, 0.15) is 64.4 Å². The molecule has 1 aromatic carbocycles. The molecule has 0 aliphatic heterocycles. The van der Waals surface area contributed by atoms with Gasteiger partial charge >= 0.3 is 5.97 Å². The molecule has 0 saturated carbocycles. The molecule has 0 atom stereocenters. The average molecular weight is 379 g/mol. The summed E-state index contributed by atoms with van der Waals surface area (Å²) >= 11 is 0. The van der Waals surface area contributed by atoms with E-state index in [9.17, 15) is 4.79 Å². The monoisotopic (exact) mass is 378 g/mol. The Kier molecular flexibility index (Phi) is 11.8. The molecule has 1 aromatic rings. The minimum absolute atomic E-state index is 0.349. The van der Waals surface area contributed by atoms with Gasteiger partial charge in [-0.1, -0.05) is 45.4 Å². The molecule has 152 valence electrons. The van der Waals surface area contributed by atoms with Crippen LogP contribution in [0.15, 0.2) is 18.2 Å². The molecule has 0 radical (unpaired) electrons. The van der Waals surface area contributed by atoms with Crippen LogP contribution in [-0.2, 0) is 9.53 Å². The van der Waals surface area contributed by atoms with Crippen molar-refractivity contribution >= 4 is 12.0 Å². The predicted octanol–water partition coefficient (Wildman–Crippen LogP) is 5.41. The van der Waals surface area contributed by atoms with Crippen LogP contribution in [0.5, 0.6) is 17.2 Å². The van der Waals surface area contributed by atoms with Crippen LogP contribution < -0.4 is 14.2 Å². The first-order chi connectivity index (χ1) is 13.2. The highest BCUT2D eigenvalue weighted by atomic mass is 16.5. The number of carbonyl (C=O) groups excluding carboxylic acids is 1. The molecular weight excluding hydrogens is 344 g/mol. The standard InChI is InChI=1S/C22H34O5/c1-5-7-8-9-10-11-12-15-27-20-17-18(13-14-21(23)26-6-2)16-19(24-3)22(20)25-4/h13-14,16-17H,5-12,15H2,1-4H3. The van der Waals surface area contributed by atoms with Crippen LogP contribution >= 0.6 is 0 Å². The van der Waals surface area contributed by atoms with Gasteiger partial charge in [0.2, 0.25) is 5.75 Å². The van der Waals surface area contributed by atoms with Gasteiger partial charge in [0.25, 0.3) is 0 Å². The van der Waals surface area contributed by atoms with Crippen LogP contribution in [0.3, 0.4) is 0 Å². The Hall–Kier alpha value is -2.17. The smallest absolute Gasteiger partial charge is 0.330 e. The van der Waals surface area contributed by atoms with E-state index in [1.54, 1.807) is 33.3 Å². The van der Waals surface area contributed by atoms with Crippen molar-refractivity contribution in [3.05, 3.63) is 23.8 Å². The molecule has 5 nitrogen and oxygen atoms in total. The number of carbonyl (C=O) groups is 1. The third-order valence-corrected chi connectivity index (χ3v) is 4.17. The summed E-state index contributed by atoms with van der Waals surface area (Å²) in [7, 11) is 3.17. The van der Waals surface area contributed by atoms with E-state index in [1.807, 2.05) is 6.07 Å². The van der Waals surface area contributed by atoms with Gasteiger partial charge in [0.05, 0.1) is 27.4 Å². The minimum atomic E-state index is -0.377. The predicted molar refractivity (Wildman–Crippen MR) is 109 cm³/mol. The highest BCUT2D eigenvalue weighted by Crippen LogP contribution is 2.39. The number of rotatable bonds is 14. The van der Waals surface area contributed by atoms with Gasteiger partial charge in [-0.3, -0.25) is 0 Å². The summed E-state index contributed by atoms with van der Waals surface area (Å²) in [6.45, 7) is 4.98. The molecule has 0 bridgehead atoms. The number of benzene rings is 1. The third kappa shape index (κ3) is 8.85. The minimum Gasteiger partial charge on any atom is -0.493 e. The quantitative estimate of drug-likeness (QED) is 0.246. The summed E-state index contributed by atoms with van der Waals surface area (Å²) < 4.78 is 21.7.